The summed E-state index contributed by atoms with van der Waals surface area (Å²) in [5.41, 5.74) is 0. The fraction of sp³-hybridized carbons (Fsp3) is 0.875. The van der Waals surface area contributed by atoms with Gasteiger partial charge in [-0.05, 0) is 142 Å². The SMILES string of the molecule is CC(C)[C@@H]1CC[C@@H](C)CC1OP(Oc1ccccc1[Si](C)(C)OP(O[C@@H]1C[C@H](C)CC[C@H]1C(C)C)O[C@@H]1C[C@H](C)CC[C@H]1C(C)C)O[C@@H]1C[C@H](C)CC[C@H]1C(C)C. The van der Waals surface area contributed by atoms with Crippen molar-refractivity contribution < 1.29 is 26.8 Å². The Morgan fingerprint density at radius 2 is 0.789 bits per heavy atom. The van der Waals surface area contributed by atoms with E-state index >= 15 is 0 Å². The Morgan fingerprint density at radius 3 is 1.12 bits per heavy atom. The summed E-state index contributed by atoms with van der Waals surface area (Å²) >= 11 is 0. The van der Waals surface area contributed by atoms with Crippen molar-refractivity contribution in [2.45, 2.75) is 198 Å². The molecule has 0 aliphatic heterocycles. The second-order valence-corrected chi connectivity index (χ2v) is 27.7. The first-order valence-corrected chi connectivity index (χ1v) is 28.7. The largest absolute Gasteiger partial charge is 0.427 e. The maximum absolute atomic E-state index is 7.41. The monoisotopic (exact) mass is 849 g/mol. The molecular formula is C48H86O6P2Si. The van der Waals surface area contributed by atoms with Crippen LogP contribution in [0.3, 0.4) is 0 Å². The van der Waals surface area contributed by atoms with Gasteiger partial charge < -0.3 is 17.8 Å². The van der Waals surface area contributed by atoms with Crippen molar-refractivity contribution in [2.75, 3.05) is 0 Å². The van der Waals surface area contributed by atoms with Gasteiger partial charge in [0.25, 0.3) is 0 Å². The smallest absolute Gasteiger partial charge is 0.397 e. The molecule has 1 aromatic rings. The molecule has 0 spiro atoms. The number of hydrogen-bond donors (Lipinski definition) is 0. The van der Waals surface area contributed by atoms with Crippen LogP contribution in [0.25, 0.3) is 0 Å². The summed E-state index contributed by atoms with van der Waals surface area (Å²) in [6, 6.07) is 8.58. The number of benzene rings is 1. The second-order valence-electron chi connectivity index (χ2n) is 21.5. The Bertz CT molecular complexity index is 1280. The molecule has 328 valence electrons. The lowest BCUT2D eigenvalue weighted by molar-refractivity contribution is -0.00310. The van der Waals surface area contributed by atoms with Crippen LogP contribution in [0, 0.1) is 71.0 Å². The summed E-state index contributed by atoms with van der Waals surface area (Å²) < 4.78 is 43.4. The van der Waals surface area contributed by atoms with Crippen molar-refractivity contribution in [3.63, 3.8) is 0 Å². The third kappa shape index (κ3) is 13.4. The quantitative estimate of drug-likeness (QED) is 0.115. The van der Waals surface area contributed by atoms with Crippen molar-refractivity contribution in [3.05, 3.63) is 24.3 Å². The molecule has 9 heteroatoms. The van der Waals surface area contributed by atoms with Crippen LogP contribution < -0.4 is 9.71 Å². The summed E-state index contributed by atoms with van der Waals surface area (Å²) in [5.74, 6) is 7.63. The first-order valence-electron chi connectivity index (χ1n) is 23.7. The average Bonchev–Trinajstić information content (AvgIpc) is 3.11. The van der Waals surface area contributed by atoms with Crippen molar-refractivity contribution >= 4 is 30.7 Å². The molecule has 5 rings (SSSR count). The van der Waals surface area contributed by atoms with Gasteiger partial charge in [0.2, 0.25) is 8.32 Å². The first-order chi connectivity index (χ1) is 26.9. The zero-order valence-electron chi connectivity index (χ0n) is 38.9. The highest BCUT2D eigenvalue weighted by molar-refractivity contribution is 7.44. The van der Waals surface area contributed by atoms with Gasteiger partial charge in [0.1, 0.15) is 5.75 Å². The average molecular weight is 849 g/mol. The molecule has 4 fully saturated rings. The fourth-order valence-corrected chi connectivity index (χ4v) is 16.8. The van der Waals surface area contributed by atoms with Crippen LogP contribution in [0.5, 0.6) is 5.75 Å². The van der Waals surface area contributed by atoms with Gasteiger partial charge in [0.05, 0.1) is 24.4 Å². The molecule has 0 radical (unpaired) electrons. The standard InChI is InChI=1S/C48H86O6P2Si/c1-31(2)39-23-19-35(9)27-44(39)50-55(51-45-28-36(10)20-24-40(45)32(3)4)49-43-17-15-16-18-48(43)57(13,14)54-56(52-46-29-37(11)21-25-41(46)33(5)6)53-47-30-38(12)22-26-42(47)34(7)8/h15-18,31-42,44-47H,19-30H2,1-14H3/t35-,36-,37-,38-,39+,40+,41+,42+,44-,45?,46-,47-,55?/m1/s1. The molecule has 0 heterocycles. The van der Waals surface area contributed by atoms with Gasteiger partial charge in [0, 0.05) is 5.19 Å². The van der Waals surface area contributed by atoms with E-state index in [4.69, 9.17) is 26.8 Å². The van der Waals surface area contributed by atoms with E-state index in [1.807, 2.05) is 0 Å². The van der Waals surface area contributed by atoms with Gasteiger partial charge in [-0.3, -0.25) is 9.05 Å². The predicted octanol–water partition coefficient (Wildman–Crippen LogP) is 14.9. The van der Waals surface area contributed by atoms with Gasteiger partial charge in [-0.1, -0.05) is 127 Å². The summed E-state index contributed by atoms with van der Waals surface area (Å²) in [7, 11) is -5.96. The summed E-state index contributed by atoms with van der Waals surface area (Å²) in [4.78, 5) is 0. The third-order valence-electron chi connectivity index (χ3n) is 14.7. The van der Waals surface area contributed by atoms with Gasteiger partial charge in [-0.25, -0.2) is 0 Å². The Labute approximate surface area is 354 Å². The van der Waals surface area contributed by atoms with Crippen LogP contribution in [0.1, 0.15) is 160 Å². The maximum atomic E-state index is 7.41. The maximum Gasteiger partial charge on any atom is 0.397 e. The molecular weight excluding hydrogens is 763 g/mol. The second kappa shape index (κ2) is 21.8. The summed E-state index contributed by atoms with van der Waals surface area (Å²) in [5, 5.41) is 1.12. The third-order valence-corrected chi connectivity index (χ3v) is 21.0. The van der Waals surface area contributed by atoms with E-state index in [2.05, 4.69) is 120 Å². The molecule has 4 aliphatic carbocycles. The molecule has 0 amide bonds. The minimum Gasteiger partial charge on any atom is -0.427 e. The van der Waals surface area contributed by atoms with Crippen LogP contribution in [0.2, 0.25) is 13.1 Å². The highest BCUT2D eigenvalue weighted by atomic mass is 31.2. The number of hydrogen-bond acceptors (Lipinski definition) is 6. The topological polar surface area (TPSA) is 55.4 Å². The van der Waals surface area contributed by atoms with E-state index in [1.54, 1.807) is 0 Å². The molecule has 0 saturated heterocycles. The Balaban J connectivity index is 1.46. The lowest BCUT2D eigenvalue weighted by atomic mass is 9.75. The minimum atomic E-state index is -2.69. The van der Waals surface area contributed by atoms with E-state index < -0.39 is 25.5 Å². The summed E-state index contributed by atoms with van der Waals surface area (Å²) in [6.45, 7) is 33.0. The lowest BCUT2D eigenvalue weighted by Crippen LogP contribution is -2.45. The van der Waals surface area contributed by atoms with Crippen molar-refractivity contribution in [3.8, 4) is 5.75 Å². The van der Waals surface area contributed by atoms with E-state index in [-0.39, 0.29) is 24.4 Å². The van der Waals surface area contributed by atoms with E-state index in [0.717, 1.165) is 36.6 Å². The van der Waals surface area contributed by atoms with E-state index in [9.17, 15) is 0 Å². The van der Waals surface area contributed by atoms with Crippen LogP contribution >= 0.6 is 17.2 Å². The highest BCUT2D eigenvalue weighted by Gasteiger charge is 2.44. The van der Waals surface area contributed by atoms with Gasteiger partial charge in [0.15, 0.2) is 0 Å². The van der Waals surface area contributed by atoms with Gasteiger partial charge in [-0.2, -0.15) is 0 Å². The molecule has 13 atom stereocenters. The van der Waals surface area contributed by atoms with Crippen LogP contribution in [0.4, 0.5) is 0 Å². The number of para-hydroxylation sites is 1. The van der Waals surface area contributed by atoms with Gasteiger partial charge in [-0.15, -0.1) is 0 Å². The van der Waals surface area contributed by atoms with Crippen LogP contribution in [0.15, 0.2) is 24.3 Å². The molecule has 0 N–H and O–H groups in total. The molecule has 57 heavy (non-hydrogen) atoms. The minimum absolute atomic E-state index is 0.125. The molecule has 1 aromatic carbocycles. The lowest BCUT2D eigenvalue weighted by Gasteiger charge is -2.42. The van der Waals surface area contributed by atoms with Gasteiger partial charge >= 0.3 is 17.2 Å². The first kappa shape index (κ1) is 47.9. The summed E-state index contributed by atoms with van der Waals surface area (Å²) in [6.07, 6.45) is 14.7. The molecule has 6 nitrogen and oxygen atoms in total. The molecule has 4 aliphatic rings. The van der Waals surface area contributed by atoms with Crippen molar-refractivity contribution in [1.82, 2.24) is 0 Å². The normalized spacial score (nSPS) is 35.1. The highest BCUT2D eigenvalue weighted by Crippen LogP contribution is 2.54. The molecule has 0 bridgehead atoms. The zero-order valence-corrected chi connectivity index (χ0v) is 41.7. The van der Waals surface area contributed by atoms with E-state index in [0.29, 0.717) is 71.0 Å². The number of rotatable bonds is 17. The van der Waals surface area contributed by atoms with Crippen LogP contribution in [-0.4, -0.2) is 32.7 Å². The molecule has 2 unspecified atom stereocenters. The Kier molecular flexibility index (Phi) is 18.3. The molecule has 0 aromatic heterocycles. The van der Waals surface area contributed by atoms with Crippen molar-refractivity contribution in [1.29, 1.82) is 0 Å². The zero-order chi connectivity index (χ0) is 41.6. The molecule has 4 saturated carbocycles. The predicted molar refractivity (Wildman–Crippen MR) is 244 cm³/mol. The fourth-order valence-electron chi connectivity index (χ4n) is 10.9. The Morgan fingerprint density at radius 1 is 0.474 bits per heavy atom. The van der Waals surface area contributed by atoms with E-state index in [1.165, 1.54) is 51.4 Å². The van der Waals surface area contributed by atoms with Crippen molar-refractivity contribution in [2.24, 2.45) is 71.0 Å². The Hall–Kier alpha value is -0.103. The van der Waals surface area contributed by atoms with Crippen LogP contribution in [-0.2, 0) is 22.3 Å².